The summed E-state index contributed by atoms with van der Waals surface area (Å²) in [5.41, 5.74) is -0.969. The van der Waals surface area contributed by atoms with E-state index < -0.39 is 46.6 Å². The van der Waals surface area contributed by atoms with Crippen molar-refractivity contribution >= 4 is 23.2 Å². The molecular formula is C60H66F8N10O4. The highest BCUT2D eigenvalue weighted by atomic mass is 19.4. The number of likely N-dealkylation sites (tertiary alicyclic amines) is 2. The van der Waals surface area contributed by atoms with Gasteiger partial charge >= 0.3 is 12.4 Å². The highest BCUT2D eigenvalue weighted by Crippen LogP contribution is 2.46. The van der Waals surface area contributed by atoms with Crippen LogP contribution in [0.5, 0.6) is 0 Å². The van der Waals surface area contributed by atoms with E-state index in [4.69, 9.17) is 9.47 Å². The Balaban J connectivity index is 0.000000172. The largest absolute Gasteiger partial charge is 0.416 e. The van der Waals surface area contributed by atoms with Crippen LogP contribution < -0.4 is 9.80 Å². The lowest BCUT2D eigenvalue weighted by Crippen LogP contribution is -2.49. The molecule has 22 heteroatoms. The molecule has 2 amide bonds. The Morgan fingerprint density at radius 2 is 0.927 bits per heavy atom. The smallest absolute Gasteiger partial charge is 0.379 e. The third kappa shape index (κ3) is 10.9. The molecule has 0 unspecified atom stereocenters. The number of nitrogens with zero attached hydrogens (tertiary/aromatic N) is 10. The molecule has 8 heterocycles. The number of fused-ring (bicyclic) bond motifs is 2. The highest BCUT2D eigenvalue weighted by Gasteiger charge is 2.47. The van der Waals surface area contributed by atoms with Gasteiger partial charge in [-0.15, -0.1) is 20.4 Å². The summed E-state index contributed by atoms with van der Waals surface area (Å²) in [4.78, 5) is 34.2. The van der Waals surface area contributed by atoms with Crippen molar-refractivity contribution in [2.75, 3.05) is 62.4 Å². The standard InChI is InChI=1S/2C30H33F4N5O2/c2*1-19(38-9-7-28(2,31)8-10-38)20-11-23-24(25(12-20)30(32,33)34)15-39(27(23)40)22-6-4-5-21(13-22)29(16-41-17-29)14-26-36-35-18-37(26)3/h2*4-6,11-13,18-19H,7-10,14-17H2,1-3H3/t2*19-/m10/s1. The van der Waals surface area contributed by atoms with E-state index in [9.17, 15) is 44.7 Å². The first-order valence-corrected chi connectivity index (χ1v) is 27.7. The number of aromatic nitrogens is 6. The second-order valence-electron chi connectivity index (χ2n) is 23.9. The molecular weight excluding hydrogens is 1080 g/mol. The molecule has 12 rings (SSSR count). The molecule has 436 valence electrons. The number of hydrogen-bond acceptors (Lipinski definition) is 10. The Bertz CT molecular complexity index is 3160. The quantitative estimate of drug-likeness (QED) is 0.109. The molecule has 0 N–H and O–H groups in total. The van der Waals surface area contributed by atoms with E-state index in [0.717, 1.165) is 22.8 Å². The summed E-state index contributed by atoms with van der Waals surface area (Å²) in [6.07, 6.45) is -3.53. The molecule has 6 aromatic rings. The maximum atomic E-state index is 14.4. The van der Waals surface area contributed by atoms with Gasteiger partial charge in [-0.2, -0.15) is 26.3 Å². The van der Waals surface area contributed by atoms with Crippen molar-refractivity contribution in [2.24, 2.45) is 14.1 Å². The summed E-state index contributed by atoms with van der Waals surface area (Å²) in [6, 6.07) is 19.6. The van der Waals surface area contributed by atoms with Crippen LogP contribution in [0.4, 0.5) is 46.5 Å². The van der Waals surface area contributed by atoms with Crippen molar-refractivity contribution in [1.29, 1.82) is 0 Å². The summed E-state index contributed by atoms with van der Waals surface area (Å²) < 4.78 is 130. The molecule has 2 aromatic heterocycles. The van der Waals surface area contributed by atoms with E-state index in [1.54, 1.807) is 50.8 Å². The molecule has 0 aliphatic carbocycles. The van der Waals surface area contributed by atoms with Crippen molar-refractivity contribution in [3.05, 3.63) is 153 Å². The minimum Gasteiger partial charge on any atom is -0.379 e. The van der Waals surface area contributed by atoms with Gasteiger partial charge < -0.3 is 28.4 Å². The maximum absolute atomic E-state index is 14.4. The molecule has 4 aromatic carbocycles. The fraction of sp³-hybridized carbons (Fsp3) is 0.500. The molecule has 4 saturated heterocycles. The molecule has 0 saturated carbocycles. The molecule has 0 radical (unpaired) electrons. The Morgan fingerprint density at radius 3 is 1.23 bits per heavy atom. The van der Waals surface area contributed by atoms with E-state index in [-0.39, 0.29) is 58.3 Å². The molecule has 0 bridgehead atoms. The minimum atomic E-state index is -4.62. The first-order chi connectivity index (χ1) is 38.7. The summed E-state index contributed by atoms with van der Waals surface area (Å²) in [5.74, 6) is 0.673. The van der Waals surface area contributed by atoms with Crippen LogP contribution in [0, 0.1) is 0 Å². The van der Waals surface area contributed by atoms with Gasteiger partial charge in [0.25, 0.3) is 11.8 Å². The molecule has 4 fully saturated rings. The third-order valence-corrected chi connectivity index (χ3v) is 18.1. The van der Waals surface area contributed by atoms with Gasteiger partial charge in [-0.1, -0.05) is 24.3 Å². The molecule has 6 aliphatic rings. The SMILES string of the molecule is C[C@@H](c1cc2c(c(C(F)(F)F)c1)CN(c1cccc(C3(Cc4nncn4C)COC3)c1)C2=O)N1CCC(C)(F)CC1.C[C@H](c1cc2c(c(C(F)(F)F)c1)CN(c1cccc(C3(Cc4nncn4C)COC3)c1)C2=O)N1CCC(C)(F)CC1. The van der Waals surface area contributed by atoms with E-state index in [1.807, 2.05) is 83.3 Å². The van der Waals surface area contributed by atoms with Crippen LogP contribution in [0.2, 0.25) is 0 Å². The van der Waals surface area contributed by atoms with Crippen LogP contribution in [-0.2, 0) is 72.7 Å². The molecule has 14 nitrogen and oxygen atoms in total. The maximum Gasteiger partial charge on any atom is 0.416 e. The fourth-order valence-corrected chi connectivity index (χ4v) is 12.4. The zero-order valence-electron chi connectivity index (χ0n) is 46.7. The average Bonchev–Trinajstić information content (AvgIpc) is 2.70. The van der Waals surface area contributed by atoms with Gasteiger partial charge in [0.05, 0.1) is 50.6 Å². The summed E-state index contributed by atoms with van der Waals surface area (Å²) in [5, 5.41) is 16.3. The van der Waals surface area contributed by atoms with E-state index in [0.29, 0.717) is 114 Å². The number of piperidine rings is 2. The highest BCUT2D eigenvalue weighted by molar-refractivity contribution is 6.11. The number of carbonyl (C=O) groups is 2. The number of carbonyl (C=O) groups excluding carboxylic acids is 2. The van der Waals surface area contributed by atoms with E-state index in [1.165, 1.54) is 21.9 Å². The summed E-state index contributed by atoms with van der Waals surface area (Å²) in [7, 11) is 3.74. The number of anilines is 2. The number of amides is 2. The Labute approximate surface area is 470 Å². The molecule has 82 heavy (non-hydrogen) atoms. The van der Waals surface area contributed by atoms with Gasteiger partial charge in [-0.25, -0.2) is 8.78 Å². The Morgan fingerprint density at radius 1 is 0.561 bits per heavy atom. The van der Waals surface area contributed by atoms with Gasteiger partial charge in [0, 0.05) is 98.5 Å². The van der Waals surface area contributed by atoms with Gasteiger partial charge in [0.2, 0.25) is 0 Å². The predicted molar refractivity (Wildman–Crippen MR) is 289 cm³/mol. The van der Waals surface area contributed by atoms with Crippen molar-refractivity contribution in [1.82, 2.24) is 39.3 Å². The van der Waals surface area contributed by atoms with Crippen LogP contribution in [0.3, 0.4) is 0 Å². The van der Waals surface area contributed by atoms with Crippen molar-refractivity contribution in [3.63, 3.8) is 0 Å². The number of rotatable bonds is 12. The zero-order valence-corrected chi connectivity index (χ0v) is 46.7. The number of hydrogen-bond donors (Lipinski definition) is 0. The summed E-state index contributed by atoms with van der Waals surface area (Å²) in [6.45, 7) is 10.1. The fourth-order valence-electron chi connectivity index (χ4n) is 12.4. The number of aryl methyl sites for hydroxylation is 2. The topological polar surface area (TPSA) is 127 Å². The second kappa shape index (κ2) is 21.2. The predicted octanol–water partition coefficient (Wildman–Crippen LogP) is 10.8. The molecule has 0 spiro atoms. The lowest BCUT2D eigenvalue weighted by molar-refractivity contribution is -0.139. The van der Waals surface area contributed by atoms with Crippen molar-refractivity contribution < 1.29 is 54.2 Å². The van der Waals surface area contributed by atoms with Gasteiger partial charge in [0.15, 0.2) is 0 Å². The van der Waals surface area contributed by atoms with E-state index in [2.05, 4.69) is 20.4 Å². The van der Waals surface area contributed by atoms with Crippen LogP contribution in [-0.4, -0.2) is 115 Å². The number of ether oxygens (including phenoxy) is 2. The normalized spacial score (nSPS) is 21.0. The van der Waals surface area contributed by atoms with Crippen LogP contribution in [0.1, 0.15) is 142 Å². The van der Waals surface area contributed by atoms with Gasteiger partial charge in [-0.05, 0) is 135 Å². The number of alkyl halides is 8. The van der Waals surface area contributed by atoms with Crippen molar-refractivity contribution in [3.8, 4) is 0 Å². The third-order valence-electron chi connectivity index (χ3n) is 18.1. The summed E-state index contributed by atoms with van der Waals surface area (Å²) >= 11 is 0. The second-order valence-corrected chi connectivity index (χ2v) is 23.9. The lowest BCUT2D eigenvalue weighted by Gasteiger charge is -2.42. The molecule has 2 atom stereocenters. The van der Waals surface area contributed by atoms with Crippen LogP contribution >= 0.6 is 0 Å². The lowest BCUT2D eigenvalue weighted by atomic mass is 9.75. The first kappa shape index (κ1) is 57.2. The number of benzene rings is 4. The Kier molecular flexibility index (Phi) is 14.8. The van der Waals surface area contributed by atoms with E-state index >= 15 is 0 Å². The minimum absolute atomic E-state index is 0.0143. The van der Waals surface area contributed by atoms with Gasteiger partial charge in [-0.3, -0.25) is 19.4 Å². The van der Waals surface area contributed by atoms with Crippen LogP contribution in [0.25, 0.3) is 0 Å². The number of halogens is 8. The van der Waals surface area contributed by atoms with Crippen molar-refractivity contribution in [2.45, 2.75) is 126 Å². The first-order valence-electron chi connectivity index (χ1n) is 27.7. The Hall–Kier alpha value is -6.62. The monoisotopic (exact) mass is 1140 g/mol. The molecule has 6 aliphatic heterocycles. The average molecular weight is 1140 g/mol. The van der Waals surface area contributed by atoms with Gasteiger partial charge in [0.1, 0.15) is 35.6 Å². The van der Waals surface area contributed by atoms with Crippen LogP contribution in [0.15, 0.2) is 85.5 Å². The zero-order chi connectivity index (χ0) is 58.3.